The summed E-state index contributed by atoms with van der Waals surface area (Å²) >= 11 is 0. The van der Waals surface area contributed by atoms with Crippen molar-refractivity contribution in [3.8, 4) is 0 Å². The number of aliphatic hydroxyl groups is 1. The van der Waals surface area contributed by atoms with Gasteiger partial charge >= 0.3 is 0 Å². The zero-order valence-corrected chi connectivity index (χ0v) is 6.21. The highest BCUT2D eigenvalue weighted by atomic mass is 16.3. The lowest BCUT2D eigenvalue weighted by Gasteiger charge is -2.11. The van der Waals surface area contributed by atoms with Crippen LogP contribution < -0.4 is 5.32 Å². The van der Waals surface area contributed by atoms with Gasteiger partial charge in [0.15, 0.2) is 0 Å². The number of hydrogen-bond donors (Lipinski definition) is 2. The molecule has 3 aliphatic rings. The third-order valence-electron chi connectivity index (χ3n) is 3.60. The fraction of sp³-hybridized carbons (Fsp3) is 0.875. The molecule has 3 nitrogen and oxygen atoms in total. The Balaban J connectivity index is 1.90. The molecular formula is C8H11NO2. The Morgan fingerprint density at radius 2 is 2.36 bits per heavy atom. The first kappa shape index (κ1) is 6.00. The van der Waals surface area contributed by atoms with E-state index >= 15 is 0 Å². The molecule has 2 saturated carbocycles. The van der Waals surface area contributed by atoms with Gasteiger partial charge in [-0.2, -0.15) is 0 Å². The van der Waals surface area contributed by atoms with Crippen LogP contribution in [-0.4, -0.2) is 23.7 Å². The maximum atomic E-state index is 11.2. The Hall–Kier alpha value is -0.570. The van der Waals surface area contributed by atoms with E-state index in [1.54, 1.807) is 0 Å². The summed E-state index contributed by atoms with van der Waals surface area (Å²) in [7, 11) is 0. The van der Waals surface area contributed by atoms with E-state index in [0.717, 1.165) is 0 Å². The zero-order valence-electron chi connectivity index (χ0n) is 6.21. The quantitative estimate of drug-likeness (QED) is 0.533. The van der Waals surface area contributed by atoms with Gasteiger partial charge in [-0.25, -0.2) is 0 Å². The largest absolute Gasteiger partial charge is 0.394 e. The molecule has 1 saturated heterocycles. The summed E-state index contributed by atoms with van der Waals surface area (Å²) in [5.74, 6) is 0.950. The number of nitrogens with one attached hydrogen (secondary N) is 1. The highest BCUT2D eigenvalue weighted by Gasteiger charge is 2.79. The van der Waals surface area contributed by atoms with Crippen molar-refractivity contribution in [1.82, 2.24) is 5.32 Å². The molecular weight excluding hydrogens is 142 g/mol. The van der Waals surface area contributed by atoms with Gasteiger partial charge in [0.1, 0.15) is 0 Å². The molecule has 3 rings (SSSR count). The summed E-state index contributed by atoms with van der Waals surface area (Å²) in [5.41, 5.74) is 0.385. The van der Waals surface area contributed by atoms with Crippen molar-refractivity contribution in [3.63, 3.8) is 0 Å². The van der Waals surface area contributed by atoms with Crippen LogP contribution in [0.5, 0.6) is 0 Å². The molecule has 0 aromatic carbocycles. The maximum Gasteiger partial charge on any atom is 0.224 e. The normalized spacial score (nSPS) is 48.8. The van der Waals surface area contributed by atoms with Gasteiger partial charge < -0.3 is 10.4 Å². The lowest BCUT2D eigenvalue weighted by molar-refractivity contribution is -0.122. The van der Waals surface area contributed by atoms with Crippen LogP contribution in [0.2, 0.25) is 0 Å². The molecule has 0 aromatic rings. The number of aliphatic hydroxyl groups excluding tert-OH is 1. The maximum absolute atomic E-state index is 11.2. The van der Waals surface area contributed by atoms with E-state index < -0.39 is 0 Å². The first-order chi connectivity index (χ1) is 5.29. The zero-order chi connectivity index (χ0) is 7.64. The van der Waals surface area contributed by atoms with Crippen molar-refractivity contribution in [2.24, 2.45) is 17.3 Å². The molecule has 1 unspecified atom stereocenters. The summed E-state index contributed by atoms with van der Waals surface area (Å²) in [6, 6.07) is 0.0787. The number of amides is 1. The Labute approximate surface area is 64.8 Å². The minimum atomic E-state index is 0.0787. The summed E-state index contributed by atoms with van der Waals surface area (Å²) < 4.78 is 0. The highest BCUT2D eigenvalue weighted by Crippen LogP contribution is 2.77. The molecule has 3 atom stereocenters. The van der Waals surface area contributed by atoms with E-state index in [4.69, 9.17) is 5.11 Å². The Kier molecular flexibility index (Phi) is 0.796. The number of carbonyl (C=O) groups excluding carboxylic acids is 1. The van der Waals surface area contributed by atoms with Gasteiger partial charge in [-0.1, -0.05) is 0 Å². The predicted octanol–water partition coefficient (Wildman–Crippen LogP) is -0.497. The molecule has 3 fully saturated rings. The monoisotopic (exact) mass is 153 g/mol. The molecule has 1 heterocycles. The van der Waals surface area contributed by atoms with Gasteiger partial charge in [0, 0.05) is 5.92 Å². The minimum Gasteiger partial charge on any atom is -0.394 e. The van der Waals surface area contributed by atoms with E-state index in [9.17, 15) is 4.79 Å². The van der Waals surface area contributed by atoms with Crippen LogP contribution >= 0.6 is 0 Å². The first-order valence-electron chi connectivity index (χ1n) is 4.21. The third-order valence-corrected chi connectivity index (χ3v) is 3.60. The van der Waals surface area contributed by atoms with E-state index in [0.29, 0.717) is 11.3 Å². The average Bonchev–Trinajstić information content (AvgIpc) is 2.86. The number of carbonyl (C=O) groups is 1. The van der Waals surface area contributed by atoms with Crippen LogP contribution in [0, 0.1) is 17.3 Å². The summed E-state index contributed by atoms with van der Waals surface area (Å²) in [6.07, 6.45) is 2.43. The van der Waals surface area contributed by atoms with Crippen LogP contribution in [-0.2, 0) is 4.79 Å². The number of rotatable bonds is 1. The third kappa shape index (κ3) is 0.495. The second-order valence-electron chi connectivity index (χ2n) is 4.03. The van der Waals surface area contributed by atoms with E-state index in [-0.39, 0.29) is 24.5 Å². The fourth-order valence-corrected chi connectivity index (χ4v) is 2.89. The summed E-state index contributed by atoms with van der Waals surface area (Å²) in [4.78, 5) is 11.2. The molecule has 1 spiro atoms. The van der Waals surface area contributed by atoms with Crippen molar-refractivity contribution in [2.45, 2.75) is 18.9 Å². The van der Waals surface area contributed by atoms with E-state index in [2.05, 4.69) is 5.32 Å². The molecule has 1 aliphatic heterocycles. The van der Waals surface area contributed by atoms with Crippen molar-refractivity contribution in [3.05, 3.63) is 0 Å². The van der Waals surface area contributed by atoms with Gasteiger partial charge in [-0.15, -0.1) is 0 Å². The van der Waals surface area contributed by atoms with Crippen molar-refractivity contribution >= 4 is 5.91 Å². The topological polar surface area (TPSA) is 49.3 Å². The number of piperidine rings is 1. The Morgan fingerprint density at radius 1 is 1.64 bits per heavy atom. The molecule has 60 valence electrons. The van der Waals surface area contributed by atoms with Crippen LogP contribution in [0.25, 0.3) is 0 Å². The van der Waals surface area contributed by atoms with Crippen LogP contribution in [0.15, 0.2) is 0 Å². The second-order valence-corrected chi connectivity index (χ2v) is 4.03. The highest BCUT2D eigenvalue weighted by molar-refractivity contribution is 5.88. The molecule has 0 aromatic heterocycles. The molecule has 1 amide bonds. The molecule has 2 aliphatic carbocycles. The predicted molar refractivity (Wildman–Crippen MR) is 37.7 cm³/mol. The van der Waals surface area contributed by atoms with Crippen LogP contribution in [0.3, 0.4) is 0 Å². The van der Waals surface area contributed by atoms with Crippen molar-refractivity contribution in [1.29, 1.82) is 0 Å². The lowest BCUT2D eigenvalue weighted by Crippen LogP contribution is -2.35. The number of fused-ring (bicyclic) bond motifs is 3. The SMILES string of the molecule is O=C1N[C@H](CO)[C@@H]2C1C21CC1. The molecule has 2 N–H and O–H groups in total. The van der Waals surface area contributed by atoms with Gasteiger partial charge in [-0.3, -0.25) is 4.79 Å². The first-order valence-corrected chi connectivity index (χ1v) is 4.21. The smallest absolute Gasteiger partial charge is 0.224 e. The van der Waals surface area contributed by atoms with Crippen LogP contribution in [0.4, 0.5) is 0 Å². The van der Waals surface area contributed by atoms with Gasteiger partial charge in [-0.05, 0) is 24.2 Å². The van der Waals surface area contributed by atoms with Crippen molar-refractivity contribution < 1.29 is 9.90 Å². The van der Waals surface area contributed by atoms with Crippen molar-refractivity contribution in [2.75, 3.05) is 6.61 Å². The minimum absolute atomic E-state index is 0.0787. The van der Waals surface area contributed by atoms with Crippen LogP contribution in [0.1, 0.15) is 12.8 Å². The molecule has 11 heavy (non-hydrogen) atoms. The van der Waals surface area contributed by atoms with Gasteiger partial charge in [0.05, 0.1) is 12.6 Å². The summed E-state index contributed by atoms with van der Waals surface area (Å²) in [6.45, 7) is 0.120. The Bertz CT molecular complexity index is 234. The standard InChI is InChI=1S/C8H11NO2/c10-3-4-5-6(7(11)9-4)8(5)1-2-8/h4-6,10H,1-3H2,(H,9,11)/t4-,5-,6?/m1/s1. The van der Waals surface area contributed by atoms with E-state index in [1.807, 2.05) is 0 Å². The second kappa shape index (κ2) is 1.46. The Morgan fingerprint density at radius 3 is 2.82 bits per heavy atom. The van der Waals surface area contributed by atoms with Gasteiger partial charge in [0.2, 0.25) is 5.91 Å². The summed E-state index contributed by atoms with van der Waals surface area (Å²) in [5, 5.41) is 11.7. The molecule has 0 bridgehead atoms. The number of hydrogen-bond acceptors (Lipinski definition) is 2. The van der Waals surface area contributed by atoms with E-state index in [1.165, 1.54) is 12.8 Å². The molecule has 3 heteroatoms. The van der Waals surface area contributed by atoms with Gasteiger partial charge in [0.25, 0.3) is 0 Å². The lowest BCUT2D eigenvalue weighted by atomic mass is 10.1. The molecule has 0 radical (unpaired) electrons. The average molecular weight is 153 g/mol. The fourth-order valence-electron chi connectivity index (χ4n) is 2.89.